The van der Waals surface area contributed by atoms with Crippen molar-refractivity contribution < 1.29 is 23.9 Å². The molecule has 0 aromatic heterocycles. The number of hydrogen-bond acceptors (Lipinski definition) is 6. The fourth-order valence-electron chi connectivity index (χ4n) is 1.61. The second kappa shape index (κ2) is 11.9. The average Bonchev–Trinajstić information content (AvgIpc) is 2.38. The van der Waals surface area contributed by atoms with Crippen LogP contribution < -0.4 is 5.32 Å². The molecule has 0 amide bonds. The Balaban J connectivity index is 3.68. The summed E-state index contributed by atoms with van der Waals surface area (Å²) in [5, 5.41) is 2.99. The van der Waals surface area contributed by atoms with Gasteiger partial charge in [-0.3, -0.25) is 9.59 Å². The number of ketones is 1. The van der Waals surface area contributed by atoms with Crippen LogP contribution in [-0.2, 0) is 23.9 Å². The van der Waals surface area contributed by atoms with E-state index in [1.807, 2.05) is 6.92 Å². The summed E-state index contributed by atoms with van der Waals surface area (Å²) in [6.45, 7) is 6.72. The van der Waals surface area contributed by atoms with Crippen molar-refractivity contribution in [3.05, 3.63) is 11.8 Å². The van der Waals surface area contributed by atoms with Crippen LogP contribution in [0, 0.1) is 0 Å². The lowest BCUT2D eigenvalue weighted by Crippen LogP contribution is -2.13. The van der Waals surface area contributed by atoms with E-state index in [1.54, 1.807) is 13.8 Å². The van der Waals surface area contributed by atoms with Gasteiger partial charge in [0.2, 0.25) is 0 Å². The minimum absolute atomic E-state index is 0.150. The highest BCUT2D eigenvalue weighted by molar-refractivity contribution is 5.95. The minimum Gasteiger partial charge on any atom is -0.466 e. The Hall–Kier alpha value is -1.85. The Morgan fingerprint density at radius 2 is 1.81 bits per heavy atom. The van der Waals surface area contributed by atoms with Gasteiger partial charge in [0.05, 0.1) is 13.2 Å². The molecule has 6 heteroatoms. The van der Waals surface area contributed by atoms with E-state index in [4.69, 9.17) is 4.74 Å². The van der Waals surface area contributed by atoms with Crippen molar-refractivity contribution in [1.82, 2.24) is 5.32 Å². The van der Waals surface area contributed by atoms with Crippen molar-refractivity contribution in [2.75, 3.05) is 19.8 Å². The van der Waals surface area contributed by atoms with Crippen molar-refractivity contribution in [2.45, 2.75) is 46.5 Å². The molecule has 0 rings (SSSR count). The Bertz CT molecular complexity index is 376. The number of Topliss-reactive ketones (excluding diaryl/α,β-unsaturated/α-hetero) is 1. The number of hydrogen-bond donors (Lipinski definition) is 1. The molecule has 1 N–H and O–H groups in total. The van der Waals surface area contributed by atoms with Crippen LogP contribution in [0.25, 0.3) is 0 Å². The van der Waals surface area contributed by atoms with E-state index in [1.165, 1.54) is 6.08 Å². The highest BCUT2D eigenvalue weighted by Gasteiger charge is 2.09. The third-order valence-electron chi connectivity index (χ3n) is 2.53. The maximum absolute atomic E-state index is 11.4. The standard InChI is InChI=1S/C15H25NO5/c1-4-16-12(3)10-14(18)21-9-7-6-8-13(17)11-15(19)20-5-2/h10,16H,4-9,11H2,1-3H3/b12-10-. The molecular weight excluding hydrogens is 274 g/mol. The number of esters is 2. The molecule has 0 aliphatic carbocycles. The lowest BCUT2D eigenvalue weighted by molar-refractivity contribution is -0.145. The SMILES string of the molecule is CCN/C(C)=C\C(=O)OCCCCC(=O)CC(=O)OCC. The first-order valence-corrected chi connectivity index (χ1v) is 7.25. The van der Waals surface area contributed by atoms with E-state index in [2.05, 4.69) is 10.1 Å². The maximum Gasteiger partial charge on any atom is 0.332 e. The third-order valence-corrected chi connectivity index (χ3v) is 2.53. The van der Waals surface area contributed by atoms with Gasteiger partial charge in [-0.25, -0.2) is 4.79 Å². The molecule has 6 nitrogen and oxygen atoms in total. The van der Waals surface area contributed by atoms with Gasteiger partial charge < -0.3 is 14.8 Å². The fourth-order valence-corrected chi connectivity index (χ4v) is 1.61. The normalized spacial score (nSPS) is 10.9. The van der Waals surface area contributed by atoms with E-state index < -0.39 is 11.9 Å². The summed E-state index contributed by atoms with van der Waals surface area (Å²) in [6.07, 6.45) is 2.69. The monoisotopic (exact) mass is 299 g/mol. The van der Waals surface area contributed by atoms with Crippen molar-refractivity contribution in [3.8, 4) is 0 Å². The molecule has 0 radical (unpaired) electrons. The number of carbonyl (C=O) groups is 3. The van der Waals surface area contributed by atoms with Gasteiger partial charge in [-0.2, -0.15) is 0 Å². The molecular formula is C15H25NO5. The molecule has 0 atom stereocenters. The van der Waals surface area contributed by atoms with Gasteiger partial charge in [0, 0.05) is 24.7 Å². The molecule has 0 spiro atoms. The predicted molar refractivity (Wildman–Crippen MR) is 78.5 cm³/mol. The summed E-state index contributed by atoms with van der Waals surface area (Å²) < 4.78 is 9.69. The van der Waals surface area contributed by atoms with Crippen molar-refractivity contribution >= 4 is 17.7 Å². The Labute approximate surface area is 125 Å². The summed E-state index contributed by atoms with van der Waals surface area (Å²) in [4.78, 5) is 33.9. The smallest absolute Gasteiger partial charge is 0.332 e. The lowest BCUT2D eigenvalue weighted by atomic mass is 10.1. The van der Waals surface area contributed by atoms with Crippen LogP contribution in [-0.4, -0.2) is 37.5 Å². The highest BCUT2D eigenvalue weighted by Crippen LogP contribution is 2.02. The number of carbonyl (C=O) groups excluding carboxylic acids is 3. The van der Waals surface area contributed by atoms with Gasteiger partial charge in [0.1, 0.15) is 12.2 Å². The second-order valence-corrected chi connectivity index (χ2v) is 4.50. The zero-order valence-corrected chi connectivity index (χ0v) is 13.1. The Morgan fingerprint density at radius 1 is 1.10 bits per heavy atom. The van der Waals surface area contributed by atoms with Crippen molar-refractivity contribution in [2.24, 2.45) is 0 Å². The molecule has 0 fully saturated rings. The molecule has 0 aliphatic heterocycles. The van der Waals surface area contributed by atoms with Crippen LogP contribution >= 0.6 is 0 Å². The van der Waals surface area contributed by atoms with Gasteiger partial charge in [0.25, 0.3) is 0 Å². The Kier molecular flexibility index (Phi) is 10.9. The first kappa shape index (κ1) is 19.1. The molecule has 0 heterocycles. The minimum atomic E-state index is -0.488. The molecule has 0 aliphatic rings. The van der Waals surface area contributed by atoms with Crippen LogP contribution in [0.4, 0.5) is 0 Å². The molecule has 120 valence electrons. The molecule has 0 saturated carbocycles. The topological polar surface area (TPSA) is 81.7 Å². The summed E-state index contributed by atoms with van der Waals surface area (Å²) in [7, 11) is 0. The molecule has 0 unspecified atom stereocenters. The second-order valence-electron chi connectivity index (χ2n) is 4.50. The quantitative estimate of drug-likeness (QED) is 0.271. The van der Waals surface area contributed by atoms with Crippen LogP contribution in [0.1, 0.15) is 46.5 Å². The lowest BCUT2D eigenvalue weighted by Gasteiger charge is -2.04. The first-order valence-electron chi connectivity index (χ1n) is 7.25. The first-order chi connectivity index (χ1) is 9.99. The van der Waals surface area contributed by atoms with Crippen LogP contribution in [0.5, 0.6) is 0 Å². The zero-order chi connectivity index (χ0) is 16.1. The number of rotatable bonds is 11. The van der Waals surface area contributed by atoms with Gasteiger partial charge in [-0.05, 0) is 33.6 Å². The van der Waals surface area contributed by atoms with E-state index in [-0.39, 0.29) is 25.4 Å². The highest BCUT2D eigenvalue weighted by atomic mass is 16.5. The number of unbranched alkanes of at least 4 members (excludes halogenated alkanes) is 1. The Morgan fingerprint density at radius 3 is 2.43 bits per heavy atom. The predicted octanol–water partition coefficient (Wildman–Crippen LogP) is 1.74. The van der Waals surface area contributed by atoms with Crippen LogP contribution in [0.3, 0.4) is 0 Å². The van der Waals surface area contributed by atoms with E-state index in [9.17, 15) is 14.4 Å². The number of nitrogens with one attached hydrogen (secondary N) is 1. The molecule has 0 saturated heterocycles. The summed E-state index contributed by atoms with van der Waals surface area (Å²) in [5.74, 6) is -1.04. The average molecular weight is 299 g/mol. The maximum atomic E-state index is 11.4. The summed E-state index contributed by atoms with van der Waals surface area (Å²) in [5.41, 5.74) is 0.757. The van der Waals surface area contributed by atoms with Crippen LogP contribution in [0.15, 0.2) is 11.8 Å². The van der Waals surface area contributed by atoms with Gasteiger partial charge in [-0.15, -0.1) is 0 Å². The third kappa shape index (κ3) is 11.7. The van der Waals surface area contributed by atoms with Gasteiger partial charge in [0.15, 0.2) is 0 Å². The number of ether oxygens (including phenoxy) is 2. The fraction of sp³-hybridized carbons (Fsp3) is 0.667. The molecule has 21 heavy (non-hydrogen) atoms. The van der Waals surface area contributed by atoms with Gasteiger partial charge in [-0.1, -0.05) is 0 Å². The molecule has 0 bridgehead atoms. The number of allylic oxidation sites excluding steroid dienone is 1. The molecule has 0 aromatic carbocycles. The van der Waals surface area contributed by atoms with Crippen LogP contribution in [0.2, 0.25) is 0 Å². The van der Waals surface area contributed by atoms with Crippen molar-refractivity contribution in [1.29, 1.82) is 0 Å². The van der Waals surface area contributed by atoms with Gasteiger partial charge >= 0.3 is 11.9 Å². The zero-order valence-electron chi connectivity index (χ0n) is 13.1. The molecule has 0 aromatic rings. The van der Waals surface area contributed by atoms with E-state index in [0.29, 0.717) is 19.3 Å². The summed E-state index contributed by atoms with van der Waals surface area (Å²) >= 11 is 0. The largest absolute Gasteiger partial charge is 0.466 e. The van der Waals surface area contributed by atoms with E-state index >= 15 is 0 Å². The summed E-state index contributed by atoms with van der Waals surface area (Å²) in [6, 6.07) is 0. The van der Waals surface area contributed by atoms with Crippen molar-refractivity contribution in [3.63, 3.8) is 0 Å². The van der Waals surface area contributed by atoms with E-state index in [0.717, 1.165) is 12.2 Å².